The molecule has 36 heavy (non-hydrogen) atoms. The lowest BCUT2D eigenvalue weighted by Gasteiger charge is -2.37. The highest BCUT2D eigenvalue weighted by Gasteiger charge is 2.60. The maximum absolute atomic E-state index is 10.6. The van der Waals surface area contributed by atoms with E-state index in [1.165, 1.54) is 44.9 Å². The van der Waals surface area contributed by atoms with Gasteiger partial charge in [-0.05, 0) is 40.7 Å². The van der Waals surface area contributed by atoms with Crippen molar-refractivity contribution in [2.24, 2.45) is 0 Å². The van der Waals surface area contributed by atoms with E-state index in [0.29, 0.717) is 13.1 Å². The van der Waals surface area contributed by atoms with Gasteiger partial charge in [0, 0.05) is 13.1 Å². The van der Waals surface area contributed by atoms with Gasteiger partial charge in [-0.2, -0.15) is 0 Å². The molecule has 0 saturated carbocycles. The molecule has 0 spiro atoms. The van der Waals surface area contributed by atoms with E-state index in [9.17, 15) is 10.2 Å². The number of aliphatic hydroxyl groups excluding tert-OH is 2. The number of fused-ring (bicyclic) bond motifs is 3. The first-order valence-corrected chi connectivity index (χ1v) is 14.1. The van der Waals surface area contributed by atoms with E-state index in [0.717, 1.165) is 13.0 Å². The molecule has 9 nitrogen and oxygen atoms in total. The highest BCUT2D eigenvalue weighted by atomic mass is 16.9. The monoisotopic (exact) mass is 517 g/mol. The van der Waals surface area contributed by atoms with Gasteiger partial charge in [0.05, 0.1) is 25.9 Å². The van der Waals surface area contributed by atoms with Crippen LogP contribution in [0.2, 0.25) is 0 Å². The van der Waals surface area contributed by atoms with Gasteiger partial charge < -0.3 is 38.6 Å². The van der Waals surface area contributed by atoms with Crippen LogP contribution in [0.1, 0.15) is 86.0 Å². The molecule has 6 atom stereocenters. The van der Waals surface area contributed by atoms with Gasteiger partial charge in [0.1, 0.15) is 24.4 Å². The number of nitrogens with zero attached hydrogens (tertiary/aromatic N) is 1. The van der Waals surface area contributed by atoms with Crippen LogP contribution in [0, 0.1) is 0 Å². The smallest absolute Gasteiger partial charge is 0.190 e. The van der Waals surface area contributed by atoms with Crippen molar-refractivity contribution in [2.75, 3.05) is 39.5 Å². The van der Waals surface area contributed by atoms with E-state index in [-0.39, 0.29) is 38.1 Å². The lowest BCUT2D eigenvalue weighted by molar-refractivity contribution is -0.244. The Morgan fingerprint density at radius 1 is 0.806 bits per heavy atom. The highest BCUT2D eigenvalue weighted by Crippen LogP contribution is 2.44. The van der Waals surface area contributed by atoms with Gasteiger partial charge in [-0.25, -0.2) is 0 Å². The van der Waals surface area contributed by atoms with E-state index in [1.54, 1.807) is 0 Å². The standard InChI is InChI=1S/C27H51NO8/c1-6-7-8-9-10-11-12-13-14-28(15-16-29)17-20(30)18-31-19-21-22-23(34-26(2,3)33-22)24-25(32-21)36-27(4,5)35-24/h20-25,29-30H,6-19H2,1-5H3/t20?,21-,22+,23+,24-,25-/m1/s1. The summed E-state index contributed by atoms with van der Waals surface area (Å²) in [5, 5.41) is 20.0. The molecule has 0 aromatic rings. The number of hydrogen-bond acceptors (Lipinski definition) is 9. The zero-order valence-electron chi connectivity index (χ0n) is 23.2. The lowest BCUT2D eigenvalue weighted by atomic mass is 9.99. The topological polar surface area (TPSA) is 99.1 Å². The van der Waals surface area contributed by atoms with Crippen molar-refractivity contribution in [2.45, 2.75) is 134 Å². The van der Waals surface area contributed by atoms with Crippen molar-refractivity contribution < 1.29 is 38.6 Å². The molecular weight excluding hydrogens is 466 g/mol. The molecule has 2 N–H and O–H groups in total. The Morgan fingerprint density at radius 2 is 1.42 bits per heavy atom. The largest absolute Gasteiger partial charge is 0.395 e. The van der Waals surface area contributed by atoms with Crippen molar-refractivity contribution in [3.8, 4) is 0 Å². The minimum absolute atomic E-state index is 0.0810. The fraction of sp³-hybridized carbons (Fsp3) is 1.00. The molecule has 0 bridgehead atoms. The van der Waals surface area contributed by atoms with E-state index in [2.05, 4.69) is 11.8 Å². The number of ether oxygens (including phenoxy) is 6. The minimum atomic E-state index is -0.757. The van der Waals surface area contributed by atoms with Gasteiger partial charge in [0.25, 0.3) is 0 Å². The number of aliphatic hydroxyl groups is 2. The number of hydrogen-bond donors (Lipinski definition) is 2. The Morgan fingerprint density at radius 3 is 2.11 bits per heavy atom. The molecule has 0 amide bonds. The van der Waals surface area contributed by atoms with E-state index < -0.39 is 30.1 Å². The second-order valence-corrected chi connectivity index (χ2v) is 11.4. The second-order valence-electron chi connectivity index (χ2n) is 11.4. The Labute approximate surface area is 217 Å². The predicted octanol–water partition coefficient (Wildman–Crippen LogP) is 3.20. The first kappa shape index (κ1) is 30.2. The normalized spacial score (nSPS) is 31.5. The highest BCUT2D eigenvalue weighted by molar-refractivity contribution is 5.00. The third-order valence-corrected chi connectivity index (χ3v) is 7.06. The van der Waals surface area contributed by atoms with Crippen LogP contribution in [0.5, 0.6) is 0 Å². The summed E-state index contributed by atoms with van der Waals surface area (Å²) in [5.74, 6) is -1.51. The molecule has 3 fully saturated rings. The van der Waals surface area contributed by atoms with Crippen molar-refractivity contribution in [3.05, 3.63) is 0 Å². The van der Waals surface area contributed by atoms with Gasteiger partial charge in [-0.3, -0.25) is 4.90 Å². The zero-order chi connectivity index (χ0) is 26.2. The third-order valence-electron chi connectivity index (χ3n) is 7.06. The molecule has 0 radical (unpaired) electrons. The molecule has 9 heteroatoms. The Kier molecular flexibility index (Phi) is 11.9. The Hall–Kier alpha value is -0.360. The summed E-state index contributed by atoms with van der Waals surface area (Å²) in [6.45, 7) is 12.1. The maximum Gasteiger partial charge on any atom is 0.190 e. The van der Waals surface area contributed by atoms with E-state index in [1.807, 2.05) is 27.7 Å². The van der Waals surface area contributed by atoms with Gasteiger partial charge in [0.2, 0.25) is 0 Å². The minimum Gasteiger partial charge on any atom is -0.395 e. The van der Waals surface area contributed by atoms with Crippen LogP contribution >= 0.6 is 0 Å². The second kappa shape index (κ2) is 14.1. The van der Waals surface area contributed by atoms with Crippen LogP contribution < -0.4 is 0 Å². The molecule has 0 aromatic heterocycles. The molecule has 3 aliphatic rings. The first-order valence-electron chi connectivity index (χ1n) is 14.1. The average molecular weight is 518 g/mol. The Balaban J connectivity index is 1.38. The molecule has 0 aromatic carbocycles. The summed E-state index contributed by atoms with van der Waals surface area (Å²) >= 11 is 0. The van der Waals surface area contributed by atoms with Gasteiger partial charge in [-0.1, -0.05) is 51.9 Å². The van der Waals surface area contributed by atoms with Crippen molar-refractivity contribution in [1.29, 1.82) is 0 Å². The van der Waals surface area contributed by atoms with Crippen LogP contribution in [0.15, 0.2) is 0 Å². The number of rotatable bonds is 17. The molecule has 3 rings (SSSR count). The summed E-state index contributed by atoms with van der Waals surface area (Å²) in [5.41, 5.74) is 0. The summed E-state index contributed by atoms with van der Waals surface area (Å²) in [7, 11) is 0. The molecule has 3 heterocycles. The molecule has 212 valence electrons. The molecular formula is C27H51NO8. The molecule has 3 aliphatic heterocycles. The van der Waals surface area contributed by atoms with Crippen molar-refractivity contribution in [1.82, 2.24) is 4.90 Å². The van der Waals surface area contributed by atoms with Gasteiger partial charge in [0.15, 0.2) is 17.9 Å². The summed E-state index contributed by atoms with van der Waals surface area (Å²) in [6.07, 6.45) is 7.46. The Bertz CT molecular complexity index is 633. The van der Waals surface area contributed by atoms with Gasteiger partial charge >= 0.3 is 0 Å². The summed E-state index contributed by atoms with van der Waals surface area (Å²) < 4.78 is 36.3. The van der Waals surface area contributed by atoms with Crippen LogP contribution in [0.4, 0.5) is 0 Å². The lowest BCUT2D eigenvalue weighted by Crippen LogP contribution is -2.56. The molecule has 1 unspecified atom stereocenters. The summed E-state index contributed by atoms with van der Waals surface area (Å²) in [4.78, 5) is 2.12. The fourth-order valence-corrected chi connectivity index (χ4v) is 5.40. The SMILES string of the molecule is CCCCCCCCCCN(CCO)CC(O)COC[C@H]1O[C@@H]2OC(C)(C)O[C@@H]2[C@H]2OC(C)(C)O[C@H]21. The predicted molar refractivity (Wildman–Crippen MR) is 135 cm³/mol. The van der Waals surface area contributed by atoms with E-state index >= 15 is 0 Å². The van der Waals surface area contributed by atoms with E-state index in [4.69, 9.17) is 28.4 Å². The van der Waals surface area contributed by atoms with Gasteiger partial charge in [-0.15, -0.1) is 0 Å². The van der Waals surface area contributed by atoms with Crippen LogP contribution in [-0.2, 0) is 28.4 Å². The quantitative estimate of drug-likeness (QED) is 0.282. The molecule has 0 aliphatic carbocycles. The third kappa shape index (κ3) is 9.13. The van der Waals surface area contributed by atoms with Crippen molar-refractivity contribution >= 4 is 0 Å². The fourth-order valence-electron chi connectivity index (χ4n) is 5.40. The average Bonchev–Trinajstić information content (AvgIpc) is 3.29. The zero-order valence-corrected chi connectivity index (χ0v) is 23.2. The maximum atomic E-state index is 10.6. The van der Waals surface area contributed by atoms with Crippen LogP contribution in [-0.4, -0.2) is 103 Å². The molecule has 3 saturated heterocycles. The number of unbranched alkanes of at least 4 members (excludes halogenated alkanes) is 7. The first-order chi connectivity index (χ1) is 17.1. The summed E-state index contributed by atoms with van der Waals surface area (Å²) in [6, 6.07) is 0. The van der Waals surface area contributed by atoms with Crippen molar-refractivity contribution in [3.63, 3.8) is 0 Å². The van der Waals surface area contributed by atoms with Crippen LogP contribution in [0.25, 0.3) is 0 Å². The van der Waals surface area contributed by atoms with Crippen LogP contribution in [0.3, 0.4) is 0 Å².